The quantitative estimate of drug-likeness (QED) is 0.102. The summed E-state index contributed by atoms with van der Waals surface area (Å²) in [7, 11) is 0. The molecule has 0 saturated heterocycles. The highest BCUT2D eigenvalue weighted by Gasteiger charge is 2.14. The van der Waals surface area contributed by atoms with Crippen molar-refractivity contribution in [3.63, 3.8) is 0 Å². The lowest BCUT2D eigenvalue weighted by molar-refractivity contribution is -0.142. The van der Waals surface area contributed by atoms with Gasteiger partial charge in [0.1, 0.15) is 11.3 Å². The van der Waals surface area contributed by atoms with Crippen molar-refractivity contribution in [1.29, 1.82) is 0 Å². The molecule has 0 aliphatic heterocycles. The van der Waals surface area contributed by atoms with Crippen LogP contribution in [0.15, 0.2) is 92.2 Å². The van der Waals surface area contributed by atoms with Crippen LogP contribution in [0, 0.1) is 6.92 Å². The van der Waals surface area contributed by atoms with Crippen LogP contribution in [0.25, 0.3) is 11.0 Å². The summed E-state index contributed by atoms with van der Waals surface area (Å²) in [6, 6.07) is 20.6. The summed E-state index contributed by atoms with van der Waals surface area (Å²) in [5.41, 5.74) is 3.35. The van der Waals surface area contributed by atoms with Crippen molar-refractivity contribution in [2.75, 3.05) is 29.9 Å². The van der Waals surface area contributed by atoms with Crippen molar-refractivity contribution < 1.29 is 23.5 Å². The molecular formula is C31H30N4O6. The van der Waals surface area contributed by atoms with Gasteiger partial charge < -0.3 is 19.4 Å². The number of Topliss-reactive ketones (excluding diaryl/α,β-unsaturated/α-hetero) is 1. The van der Waals surface area contributed by atoms with Gasteiger partial charge >= 0.3 is 11.6 Å². The van der Waals surface area contributed by atoms with E-state index in [4.69, 9.17) is 9.15 Å². The van der Waals surface area contributed by atoms with Crippen molar-refractivity contribution in [2.45, 2.75) is 27.2 Å². The molecule has 0 fully saturated rings. The van der Waals surface area contributed by atoms with Gasteiger partial charge in [-0.1, -0.05) is 30.3 Å². The molecule has 0 spiro atoms. The first-order chi connectivity index (χ1) is 19.7. The minimum absolute atomic E-state index is 0.0738. The highest BCUT2D eigenvalue weighted by Crippen LogP contribution is 2.32. The van der Waals surface area contributed by atoms with E-state index >= 15 is 0 Å². The van der Waals surface area contributed by atoms with Crippen LogP contribution in [0.2, 0.25) is 0 Å². The van der Waals surface area contributed by atoms with E-state index in [1.165, 1.54) is 13.0 Å². The van der Waals surface area contributed by atoms with Gasteiger partial charge in [0.05, 0.1) is 17.8 Å². The van der Waals surface area contributed by atoms with Crippen molar-refractivity contribution in [3.8, 4) is 0 Å². The molecule has 1 N–H and O–H groups in total. The molecule has 0 bridgehead atoms. The number of rotatable bonds is 11. The van der Waals surface area contributed by atoms with Gasteiger partial charge in [0.25, 0.3) is 0 Å². The molecule has 1 aromatic heterocycles. The first kappa shape index (κ1) is 28.9. The van der Waals surface area contributed by atoms with Crippen LogP contribution in [0.3, 0.4) is 0 Å². The molecule has 3 aromatic carbocycles. The molecule has 0 radical (unpaired) electrons. The van der Waals surface area contributed by atoms with Gasteiger partial charge in [0.2, 0.25) is 5.91 Å². The number of hydrogen-bond donors (Lipinski definition) is 1. The summed E-state index contributed by atoms with van der Waals surface area (Å²) in [6.07, 6.45) is 0.0738. The van der Waals surface area contributed by atoms with E-state index in [0.717, 1.165) is 16.6 Å². The molecule has 1 amide bonds. The molecule has 0 aliphatic rings. The predicted octanol–water partition coefficient (Wildman–Crippen LogP) is 6.12. The van der Waals surface area contributed by atoms with Gasteiger partial charge in [-0.2, -0.15) is 5.11 Å². The standard InChI is InChI=1S/C31H30N4O6/c1-4-35(15-14-30(38)40-19-28(37)22-8-6-5-7-9-22)24-11-13-26(27(18-24)32-21(3)36)34-33-23-10-12-25-20(2)16-31(39)41-29(25)17-23/h5-13,16-18H,4,14-15,19H2,1-3H3,(H,32,36)/b34-33+. The molecular weight excluding hydrogens is 524 g/mol. The average Bonchev–Trinajstić information content (AvgIpc) is 2.95. The summed E-state index contributed by atoms with van der Waals surface area (Å²) < 4.78 is 10.5. The van der Waals surface area contributed by atoms with E-state index in [-0.39, 0.29) is 24.7 Å². The Bertz CT molecular complexity index is 1660. The van der Waals surface area contributed by atoms with Crippen LogP contribution in [-0.2, 0) is 14.3 Å². The molecule has 0 aliphatic carbocycles. The summed E-state index contributed by atoms with van der Waals surface area (Å²) in [6.45, 7) is 5.78. The molecule has 4 rings (SSSR count). The minimum atomic E-state index is -0.485. The number of ketones is 1. The van der Waals surface area contributed by atoms with Crippen LogP contribution in [0.4, 0.5) is 22.7 Å². The number of fused-ring (bicyclic) bond motifs is 1. The second-order valence-corrected chi connectivity index (χ2v) is 9.29. The van der Waals surface area contributed by atoms with E-state index in [0.29, 0.717) is 41.3 Å². The maximum atomic E-state index is 12.3. The van der Waals surface area contributed by atoms with Crippen molar-refractivity contribution >= 4 is 51.4 Å². The van der Waals surface area contributed by atoms with Crippen LogP contribution >= 0.6 is 0 Å². The number of nitrogens with one attached hydrogen (secondary N) is 1. The third-order valence-electron chi connectivity index (χ3n) is 6.29. The highest BCUT2D eigenvalue weighted by molar-refractivity contribution is 5.98. The second-order valence-electron chi connectivity index (χ2n) is 9.29. The Labute approximate surface area is 236 Å². The SMILES string of the molecule is CCN(CCC(=O)OCC(=O)c1ccccc1)c1ccc(/N=N/c2ccc3c(C)cc(=O)oc3c2)c(NC(C)=O)c1. The predicted molar refractivity (Wildman–Crippen MR) is 156 cm³/mol. The summed E-state index contributed by atoms with van der Waals surface area (Å²) in [5.74, 6) is -1.03. The first-order valence-electron chi connectivity index (χ1n) is 13.1. The van der Waals surface area contributed by atoms with E-state index in [1.54, 1.807) is 48.5 Å². The Hall–Kier alpha value is -5.12. The smallest absolute Gasteiger partial charge is 0.336 e. The molecule has 210 valence electrons. The number of azo groups is 1. The fourth-order valence-electron chi connectivity index (χ4n) is 4.21. The summed E-state index contributed by atoms with van der Waals surface area (Å²) in [5, 5.41) is 12.2. The zero-order valence-electron chi connectivity index (χ0n) is 23.0. The van der Waals surface area contributed by atoms with Crippen LogP contribution in [0.5, 0.6) is 0 Å². The Kier molecular flexibility index (Phi) is 9.36. The topological polar surface area (TPSA) is 131 Å². The molecule has 0 unspecified atom stereocenters. The third kappa shape index (κ3) is 7.72. The lowest BCUT2D eigenvalue weighted by Gasteiger charge is -2.23. The number of hydrogen-bond acceptors (Lipinski definition) is 9. The molecule has 4 aromatic rings. The van der Waals surface area contributed by atoms with Gasteiger partial charge in [-0.05, 0) is 49.7 Å². The molecule has 1 heterocycles. The number of amides is 1. The van der Waals surface area contributed by atoms with Gasteiger partial charge in [-0.25, -0.2) is 4.79 Å². The second kappa shape index (κ2) is 13.3. The molecule has 10 heteroatoms. The lowest BCUT2D eigenvalue weighted by atomic mass is 10.1. The van der Waals surface area contributed by atoms with Gasteiger partial charge in [0, 0.05) is 48.8 Å². The number of nitrogens with zero attached hydrogens (tertiary/aromatic N) is 3. The zero-order valence-corrected chi connectivity index (χ0v) is 23.0. The normalized spacial score (nSPS) is 11.0. The molecule has 0 saturated carbocycles. The third-order valence-corrected chi connectivity index (χ3v) is 6.29. The number of benzene rings is 3. The van der Waals surface area contributed by atoms with Crippen LogP contribution in [-0.4, -0.2) is 37.4 Å². The van der Waals surface area contributed by atoms with Gasteiger partial charge in [-0.15, -0.1) is 5.11 Å². The number of carbonyl (C=O) groups is 3. The number of aryl methyl sites for hydroxylation is 1. The number of ether oxygens (including phenoxy) is 1. The van der Waals surface area contributed by atoms with E-state index in [2.05, 4.69) is 15.5 Å². The number of anilines is 2. The Morgan fingerprint density at radius 2 is 1.76 bits per heavy atom. The number of carbonyl (C=O) groups excluding carboxylic acids is 3. The van der Waals surface area contributed by atoms with E-state index < -0.39 is 11.6 Å². The summed E-state index contributed by atoms with van der Waals surface area (Å²) >= 11 is 0. The van der Waals surface area contributed by atoms with E-state index in [1.807, 2.05) is 36.9 Å². The van der Waals surface area contributed by atoms with Gasteiger partial charge in [0.15, 0.2) is 12.4 Å². The average molecular weight is 555 g/mol. The highest BCUT2D eigenvalue weighted by atomic mass is 16.5. The lowest BCUT2D eigenvalue weighted by Crippen LogP contribution is -2.27. The minimum Gasteiger partial charge on any atom is -0.457 e. The Morgan fingerprint density at radius 3 is 2.49 bits per heavy atom. The largest absolute Gasteiger partial charge is 0.457 e. The molecule has 41 heavy (non-hydrogen) atoms. The van der Waals surface area contributed by atoms with Crippen molar-refractivity contribution in [2.24, 2.45) is 10.2 Å². The maximum absolute atomic E-state index is 12.3. The maximum Gasteiger partial charge on any atom is 0.336 e. The monoisotopic (exact) mass is 554 g/mol. The van der Waals surface area contributed by atoms with Crippen molar-refractivity contribution in [1.82, 2.24) is 0 Å². The zero-order chi connectivity index (χ0) is 29.4. The number of esters is 1. The summed E-state index contributed by atoms with van der Waals surface area (Å²) in [4.78, 5) is 50.1. The van der Waals surface area contributed by atoms with Crippen LogP contribution in [0.1, 0.15) is 36.2 Å². The van der Waals surface area contributed by atoms with Crippen LogP contribution < -0.4 is 15.8 Å². The molecule has 0 atom stereocenters. The Balaban J connectivity index is 1.45. The van der Waals surface area contributed by atoms with Crippen molar-refractivity contribution in [3.05, 3.63) is 94.3 Å². The van der Waals surface area contributed by atoms with E-state index in [9.17, 15) is 19.2 Å². The molecule has 10 nitrogen and oxygen atoms in total. The first-order valence-corrected chi connectivity index (χ1v) is 13.1. The van der Waals surface area contributed by atoms with Gasteiger partial charge in [-0.3, -0.25) is 14.4 Å². The fourth-order valence-corrected chi connectivity index (χ4v) is 4.21. The fraction of sp³-hybridized carbons (Fsp3) is 0.226. The Morgan fingerprint density at radius 1 is 0.976 bits per heavy atom.